The van der Waals surface area contributed by atoms with Crippen molar-refractivity contribution in [3.63, 3.8) is 0 Å². The third-order valence-corrected chi connectivity index (χ3v) is 7.00. The van der Waals surface area contributed by atoms with Crippen LogP contribution in [0.4, 0.5) is 8.78 Å². The van der Waals surface area contributed by atoms with Crippen molar-refractivity contribution in [1.82, 2.24) is 20.2 Å². The standard InChI is InChI=1S/C24H15ClF2N4O5S/c1-11-8-17(32)19(22(20(11)25)37(33,34)35)13-4-2-3-5-14(13)21-15-10-28-31-23(15)30-24(29-21)36-18-7-6-12(26)9-16(18)27/h2-10,32H,1H3,(H,33,34,35)(H,28,29,30,31). The van der Waals surface area contributed by atoms with Gasteiger partial charge in [-0.2, -0.15) is 23.5 Å². The molecule has 0 saturated carbocycles. The number of nitrogens with one attached hydrogen (secondary N) is 1. The van der Waals surface area contributed by atoms with E-state index in [1.54, 1.807) is 18.2 Å². The molecule has 0 radical (unpaired) electrons. The van der Waals surface area contributed by atoms with Crippen molar-refractivity contribution in [3.8, 4) is 39.9 Å². The molecule has 0 spiro atoms. The minimum Gasteiger partial charge on any atom is -0.507 e. The molecule has 0 bridgehead atoms. The van der Waals surface area contributed by atoms with Gasteiger partial charge in [0.15, 0.2) is 17.2 Å². The number of fused-ring (bicyclic) bond motifs is 1. The van der Waals surface area contributed by atoms with E-state index in [2.05, 4.69) is 20.2 Å². The minimum absolute atomic E-state index is 0.148. The lowest BCUT2D eigenvalue weighted by molar-refractivity contribution is 0.410. The zero-order valence-corrected chi connectivity index (χ0v) is 20.3. The average Bonchev–Trinajstić information content (AvgIpc) is 3.30. The molecular weight excluding hydrogens is 530 g/mol. The zero-order valence-electron chi connectivity index (χ0n) is 18.7. The Bertz CT molecular complexity index is 1810. The Labute approximate surface area is 213 Å². The van der Waals surface area contributed by atoms with Crippen LogP contribution >= 0.6 is 11.6 Å². The number of benzene rings is 3. The van der Waals surface area contributed by atoms with E-state index in [1.807, 2.05) is 0 Å². The van der Waals surface area contributed by atoms with E-state index in [4.69, 9.17) is 16.3 Å². The summed E-state index contributed by atoms with van der Waals surface area (Å²) < 4.78 is 67.6. The van der Waals surface area contributed by atoms with E-state index in [9.17, 15) is 26.9 Å². The van der Waals surface area contributed by atoms with Crippen LogP contribution < -0.4 is 4.74 Å². The topological polar surface area (TPSA) is 138 Å². The molecule has 0 saturated heterocycles. The van der Waals surface area contributed by atoms with Crippen LogP contribution in [-0.2, 0) is 10.1 Å². The van der Waals surface area contributed by atoms with E-state index in [0.717, 1.165) is 12.1 Å². The van der Waals surface area contributed by atoms with Gasteiger partial charge in [-0.1, -0.05) is 35.9 Å². The van der Waals surface area contributed by atoms with Gasteiger partial charge in [-0.05, 0) is 36.2 Å². The Kier molecular flexibility index (Phi) is 6.02. The number of halogens is 3. The second kappa shape index (κ2) is 9.07. The molecule has 3 aromatic carbocycles. The number of ether oxygens (including phenoxy) is 1. The number of aromatic amines is 1. The predicted molar refractivity (Wildman–Crippen MR) is 130 cm³/mol. The molecule has 2 heterocycles. The van der Waals surface area contributed by atoms with Crippen molar-refractivity contribution in [2.75, 3.05) is 0 Å². The molecule has 0 atom stereocenters. The SMILES string of the molecule is Cc1cc(O)c(-c2ccccc2-c2nc(Oc3ccc(F)cc3F)nc3[nH]ncc23)c(S(=O)(=O)O)c1Cl. The highest BCUT2D eigenvalue weighted by Gasteiger charge is 2.28. The highest BCUT2D eigenvalue weighted by molar-refractivity contribution is 7.86. The number of nitrogens with zero attached hydrogens (tertiary/aromatic N) is 3. The lowest BCUT2D eigenvalue weighted by Gasteiger charge is -2.17. The molecule has 2 aromatic heterocycles. The summed E-state index contributed by atoms with van der Waals surface area (Å²) in [6, 6.07) is 9.95. The van der Waals surface area contributed by atoms with Crippen molar-refractivity contribution in [2.45, 2.75) is 11.8 Å². The number of phenols is 1. The van der Waals surface area contributed by atoms with Gasteiger partial charge in [0.2, 0.25) is 0 Å². The van der Waals surface area contributed by atoms with Crippen molar-refractivity contribution >= 4 is 32.8 Å². The number of phenolic OH excluding ortho intramolecular Hbond substituents is 1. The molecule has 9 nitrogen and oxygen atoms in total. The Morgan fingerprint density at radius 1 is 1.05 bits per heavy atom. The molecule has 37 heavy (non-hydrogen) atoms. The number of aryl methyl sites for hydroxylation is 1. The molecule has 5 rings (SSSR count). The van der Waals surface area contributed by atoms with Crippen LogP contribution in [-0.4, -0.2) is 38.2 Å². The number of H-pyrrole nitrogens is 1. The van der Waals surface area contributed by atoms with E-state index in [1.165, 1.54) is 25.3 Å². The summed E-state index contributed by atoms with van der Waals surface area (Å²) in [6.07, 6.45) is 1.41. The van der Waals surface area contributed by atoms with Crippen LogP contribution in [0.2, 0.25) is 5.02 Å². The Balaban J connectivity index is 1.77. The summed E-state index contributed by atoms with van der Waals surface area (Å²) >= 11 is 6.25. The maximum Gasteiger partial charge on any atom is 0.324 e. The first-order valence-corrected chi connectivity index (χ1v) is 12.3. The molecule has 0 unspecified atom stereocenters. The Morgan fingerprint density at radius 2 is 1.78 bits per heavy atom. The highest BCUT2D eigenvalue weighted by Crippen LogP contribution is 2.45. The quantitative estimate of drug-likeness (QED) is 0.240. The molecule has 188 valence electrons. The fourth-order valence-corrected chi connectivity index (χ4v) is 5.18. The van der Waals surface area contributed by atoms with E-state index in [-0.39, 0.29) is 50.4 Å². The third-order valence-electron chi connectivity index (χ3n) is 5.48. The van der Waals surface area contributed by atoms with Gasteiger partial charge in [-0.3, -0.25) is 9.65 Å². The van der Waals surface area contributed by atoms with Crippen LogP contribution in [0.1, 0.15) is 5.56 Å². The van der Waals surface area contributed by atoms with Gasteiger partial charge in [0.1, 0.15) is 16.5 Å². The molecule has 0 fully saturated rings. The van der Waals surface area contributed by atoms with Crippen molar-refractivity contribution < 1.29 is 31.6 Å². The van der Waals surface area contributed by atoms with Crippen LogP contribution in [0.5, 0.6) is 17.5 Å². The second-order valence-electron chi connectivity index (χ2n) is 7.92. The van der Waals surface area contributed by atoms with Gasteiger partial charge in [0.25, 0.3) is 10.1 Å². The van der Waals surface area contributed by atoms with Crippen molar-refractivity contribution in [2.24, 2.45) is 0 Å². The first-order chi connectivity index (χ1) is 17.5. The van der Waals surface area contributed by atoms with Gasteiger partial charge in [0.05, 0.1) is 22.3 Å². The molecule has 5 aromatic rings. The smallest absolute Gasteiger partial charge is 0.324 e. The van der Waals surface area contributed by atoms with Gasteiger partial charge >= 0.3 is 6.01 Å². The number of rotatable bonds is 5. The molecular formula is C24H15ClF2N4O5S. The maximum atomic E-state index is 14.2. The lowest BCUT2D eigenvalue weighted by Crippen LogP contribution is -2.05. The molecule has 0 aliphatic carbocycles. The Morgan fingerprint density at radius 3 is 2.49 bits per heavy atom. The Hall–Kier alpha value is -4.13. The molecule has 0 aliphatic heterocycles. The molecule has 3 N–H and O–H groups in total. The molecule has 0 aliphatic rings. The van der Waals surface area contributed by atoms with Crippen molar-refractivity contribution in [3.05, 3.63) is 76.9 Å². The summed E-state index contributed by atoms with van der Waals surface area (Å²) in [4.78, 5) is 7.85. The van der Waals surface area contributed by atoms with Gasteiger partial charge in [-0.25, -0.2) is 8.78 Å². The van der Waals surface area contributed by atoms with Crippen molar-refractivity contribution in [1.29, 1.82) is 0 Å². The lowest BCUT2D eigenvalue weighted by atomic mass is 9.95. The summed E-state index contributed by atoms with van der Waals surface area (Å²) in [7, 11) is -4.89. The first-order valence-electron chi connectivity index (χ1n) is 10.5. The predicted octanol–water partition coefficient (Wildman–Crippen LogP) is 5.67. The van der Waals surface area contributed by atoms with Gasteiger partial charge in [0, 0.05) is 17.2 Å². The monoisotopic (exact) mass is 544 g/mol. The number of aromatic nitrogens is 4. The number of hydrogen-bond acceptors (Lipinski definition) is 7. The summed E-state index contributed by atoms with van der Waals surface area (Å²) in [6.45, 7) is 1.48. The summed E-state index contributed by atoms with van der Waals surface area (Å²) in [5.41, 5.74) is 0.763. The first kappa shape index (κ1) is 24.6. The average molecular weight is 545 g/mol. The largest absolute Gasteiger partial charge is 0.507 e. The highest BCUT2D eigenvalue weighted by atomic mass is 35.5. The second-order valence-corrected chi connectivity index (χ2v) is 9.65. The normalized spacial score (nSPS) is 11.7. The van der Waals surface area contributed by atoms with Crippen LogP contribution in [0.15, 0.2) is 59.6 Å². The summed E-state index contributed by atoms with van der Waals surface area (Å²) in [5, 5.41) is 17.5. The van der Waals surface area contributed by atoms with Gasteiger partial charge < -0.3 is 9.84 Å². The number of aromatic hydroxyl groups is 1. The molecule has 13 heteroatoms. The minimum atomic E-state index is -4.89. The van der Waals surface area contributed by atoms with E-state index < -0.39 is 32.4 Å². The van der Waals surface area contributed by atoms with Crippen LogP contribution in [0, 0.1) is 18.6 Å². The number of hydrogen-bond donors (Lipinski definition) is 3. The zero-order chi connectivity index (χ0) is 26.5. The van der Waals surface area contributed by atoms with Crippen LogP contribution in [0.25, 0.3) is 33.4 Å². The van der Waals surface area contributed by atoms with E-state index >= 15 is 0 Å². The third kappa shape index (κ3) is 4.46. The fourth-order valence-electron chi connectivity index (χ4n) is 3.88. The summed E-state index contributed by atoms with van der Waals surface area (Å²) in [5.74, 6) is -2.57. The maximum absolute atomic E-state index is 14.2. The van der Waals surface area contributed by atoms with E-state index in [0.29, 0.717) is 11.5 Å². The van der Waals surface area contributed by atoms with Gasteiger partial charge in [-0.15, -0.1) is 0 Å². The molecule has 0 amide bonds. The van der Waals surface area contributed by atoms with Crippen LogP contribution in [0.3, 0.4) is 0 Å². The fraction of sp³-hybridized carbons (Fsp3) is 0.0417.